The summed E-state index contributed by atoms with van der Waals surface area (Å²) in [5, 5.41) is 2.79. The van der Waals surface area contributed by atoms with Crippen molar-refractivity contribution in [1.82, 2.24) is 4.90 Å². The molecular weight excluding hydrogens is 613 g/mol. The fourth-order valence-corrected chi connectivity index (χ4v) is 4.73. The van der Waals surface area contributed by atoms with E-state index in [2.05, 4.69) is 5.32 Å². The molecule has 0 aliphatic rings. The molecule has 0 saturated heterocycles. The lowest BCUT2D eigenvalue weighted by molar-refractivity contribution is -0.137. The van der Waals surface area contributed by atoms with Crippen LogP contribution in [0.1, 0.15) is 62.0 Å². The van der Waals surface area contributed by atoms with Crippen LogP contribution in [-0.4, -0.2) is 49.4 Å². The Hall–Kier alpha value is -5.45. The quantitative estimate of drug-likeness (QED) is 0.134. The van der Waals surface area contributed by atoms with Crippen molar-refractivity contribution < 1.29 is 41.8 Å². The molecule has 0 heterocycles. The summed E-state index contributed by atoms with van der Waals surface area (Å²) in [5.74, 6) is -1.54. The fraction of sp³-hybridized carbons (Fsp3) is 0.222. The number of hydrogen-bond acceptors (Lipinski definition) is 6. The van der Waals surface area contributed by atoms with Gasteiger partial charge in [0.2, 0.25) is 0 Å². The van der Waals surface area contributed by atoms with Crippen LogP contribution >= 0.6 is 0 Å². The van der Waals surface area contributed by atoms with Crippen molar-refractivity contribution in [3.8, 4) is 16.9 Å². The number of ether oxygens (including phenoxy) is 2. The van der Waals surface area contributed by atoms with E-state index in [9.17, 15) is 32.3 Å². The van der Waals surface area contributed by atoms with Gasteiger partial charge in [-0.15, -0.1) is 0 Å². The summed E-state index contributed by atoms with van der Waals surface area (Å²) in [7, 11) is 3.16. The highest BCUT2D eigenvalue weighted by molar-refractivity contribution is 6.11. The molecule has 4 rings (SSSR count). The minimum absolute atomic E-state index is 0.0931. The first-order valence-electron chi connectivity index (χ1n) is 14.8. The maximum atomic E-state index is 13.5. The second-order valence-electron chi connectivity index (χ2n) is 10.7. The van der Waals surface area contributed by atoms with Gasteiger partial charge >= 0.3 is 18.1 Å². The normalized spacial score (nSPS) is 11.0. The molecule has 0 aliphatic heterocycles. The number of carbonyl (C=O) groups is 4. The summed E-state index contributed by atoms with van der Waals surface area (Å²) >= 11 is 0. The number of benzene rings is 4. The van der Waals surface area contributed by atoms with Gasteiger partial charge in [-0.25, -0.2) is 4.79 Å². The van der Waals surface area contributed by atoms with Gasteiger partial charge in [0.1, 0.15) is 5.75 Å². The Morgan fingerprint density at radius 1 is 0.830 bits per heavy atom. The number of alkyl halides is 3. The molecule has 47 heavy (non-hydrogen) atoms. The minimum atomic E-state index is -4.49. The maximum Gasteiger partial charge on any atom is 0.416 e. The number of hydrogen-bond donors (Lipinski definition) is 1. The van der Waals surface area contributed by atoms with Crippen molar-refractivity contribution in [2.75, 3.05) is 26.0 Å². The summed E-state index contributed by atoms with van der Waals surface area (Å²) in [5.41, 5.74) is 1.86. The highest BCUT2D eigenvalue weighted by atomic mass is 19.4. The first-order valence-corrected chi connectivity index (χ1v) is 14.8. The van der Waals surface area contributed by atoms with Gasteiger partial charge in [-0.05, 0) is 91.1 Å². The van der Waals surface area contributed by atoms with Gasteiger partial charge in [-0.3, -0.25) is 14.4 Å². The van der Waals surface area contributed by atoms with E-state index in [0.29, 0.717) is 35.3 Å². The van der Waals surface area contributed by atoms with Crippen LogP contribution in [0.4, 0.5) is 18.9 Å². The predicted octanol–water partition coefficient (Wildman–Crippen LogP) is 7.43. The van der Waals surface area contributed by atoms with Crippen LogP contribution in [0.5, 0.6) is 5.75 Å². The van der Waals surface area contributed by atoms with Crippen molar-refractivity contribution in [3.05, 3.63) is 119 Å². The number of esters is 2. The Balaban J connectivity index is 1.44. The number of nitrogens with one attached hydrogen (secondary N) is 1. The molecule has 0 unspecified atom stereocenters. The molecule has 4 aromatic rings. The SMILES string of the molecule is CCOC(=O)c1ccc(OC(=O)CCCc2ccc(NC(=O)c3ccccc3-c3ccc(C(F)(F)F)cc3)c(C(=O)N(C)C)c2)cc1. The molecule has 0 aliphatic carbocycles. The predicted molar refractivity (Wildman–Crippen MR) is 170 cm³/mol. The van der Waals surface area contributed by atoms with E-state index in [1.807, 2.05) is 0 Å². The van der Waals surface area contributed by atoms with E-state index in [-0.39, 0.29) is 35.7 Å². The molecule has 1 N–H and O–H groups in total. The summed E-state index contributed by atoms with van der Waals surface area (Å²) in [6, 6.07) is 22.1. The van der Waals surface area contributed by atoms with Crippen molar-refractivity contribution in [1.29, 1.82) is 0 Å². The highest BCUT2D eigenvalue weighted by Crippen LogP contribution is 2.32. The van der Waals surface area contributed by atoms with Gasteiger partial charge in [0.25, 0.3) is 11.8 Å². The molecule has 2 amide bonds. The summed E-state index contributed by atoms with van der Waals surface area (Å²) in [4.78, 5) is 52.1. The largest absolute Gasteiger partial charge is 0.462 e. The molecule has 0 saturated carbocycles. The van der Waals surface area contributed by atoms with E-state index < -0.39 is 29.6 Å². The number of amides is 2. The van der Waals surface area contributed by atoms with Crippen LogP contribution in [0.2, 0.25) is 0 Å². The smallest absolute Gasteiger partial charge is 0.416 e. The van der Waals surface area contributed by atoms with Crippen LogP contribution in [0.25, 0.3) is 11.1 Å². The highest BCUT2D eigenvalue weighted by Gasteiger charge is 2.30. The van der Waals surface area contributed by atoms with Gasteiger partial charge in [-0.1, -0.05) is 36.4 Å². The second kappa shape index (κ2) is 15.2. The van der Waals surface area contributed by atoms with Crippen molar-refractivity contribution >= 4 is 29.4 Å². The molecular formula is C36H33F3N2O6. The number of anilines is 1. The van der Waals surface area contributed by atoms with Crippen molar-refractivity contribution in [2.24, 2.45) is 0 Å². The molecule has 0 fully saturated rings. The molecule has 244 valence electrons. The second-order valence-corrected chi connectivity index (χ2v) is 10.7. The molecule has 0 atom stereocenters. The number of nitrogens with zero attached hydrogens (tertiary/aromatic N) is 1. The van der Waals surface area contributed by atoms with E-state index >= 15 is 0 Å². The lowest BCUT2D eigenvalue weighted by Crippen LogP contribution is -2.24. The Kier molecular flexibility index (Phi) is 11.1. The standard InChI is InChI=1S/C36H33F3N2O6/c1-4-46-35(45)25-15-19-27(20-16-25)47-32(42)11-7-8-23-12-21-31(30(22-23)34(44)41(2)3)40-33(43)29-10-6-5-9-28(29)24-13-17-26(18-14-24)36(37,38)39/h5-6,9-10,12-22H,4,7-8,11H2,1-3H3,(H,40,43). The van der Waals surface area contributed by atoms with Gasteiger partial charge in [0.05, 0.1) is 29.0 Å². The third kappa shape index (κ3) is 9.06. The zero-order valence-corrected chi connectivity index (χ0v) is 26.0. The summed E-state index contributed by atoms with van der Waals surface area (Å²) < 4.78 is 49.5. The van der Waals surface area contributed by atoms with Crippen molar-refractivity contribution in [2.45, 2.75) is 32.4 Å². The molecule has 0 bridgehead atoms. The maximum absolute atomic E-state index is 13.5. The number of carbonyl (C=O) groups excluding carboxylic acids is 4. The van der Waals surface area contributed by atoms with Gasteiger partial charge in [0, 0.05) is 26.1 Å². The third-order valence-electron chi connectivity index (χ3n) is 7.11. The van der Waals surface area contributed by atoms with E-state index in [4.69, 9.17) is 9.47 Å². The lowest BCUT2D eigenvalue weighted by atomic mass is 9.97. The average Bonchev–Trinajstić information content (AvgIpc) is 3.05. The first-order chi connectivity index (χ1) is 22.4. The summed E-state index contributed by atoms with van der Waals surface area (Å²) in [6.07, 6.45) is -3.53. The molecule has 0 radical (unpaired) electrons. The zero-order chi connectivity index (χ0) is 34.1. The van der Waals surface area contributed by atoms with Crippen LogP contribution in [0.3, 0.4) is 0 Å². The van der Waals surface area contributed by atoms with Crippen LogP contribution in [0, 0.1) is 0 Å². The van der Waals surface area contributed by atoms with Gasteiger partial charge < -0.3 is 19.7 Å². The number of halogens is 3. The van der Waals surface area contributed by atoms with Crippen molar-refractivity contribution in [3.63, 3.8) is 0 Å². The topological polar surface area (TPSA) is 102 Å². The monoisotopic (exact) mass is 646 g/mol. The third-order valence-corrected chi connectivity index (χ3v) is 7.11. The van der Waals surface area contributed by atoms with Crippen LogP contribution in [-0.2, 0) is 22.1 Å². The van der Waals surface area contributed by atoms with E-state index in [1.165, 1.54) is 41.3 Å². The Morgan fingerprint density at radius 2 is 1.51 bits per heavy atom. The fourth-order valence-electron chi connectivity index (χ4n) is 4.73. The molecule has 11 heteroatoms. The number of rotatable bonds is 11. The zero-order valence-electron chi connectivity index (χ0n) is 26.0. The summed E-state index contributed by atoms with van der Waals surface area (Å²) in [6.45, 7) is 1.96. The Labute approximate surface area is 270 Å². The Morgan fingerprint density at radius 3 is 2.15 bits per heavy atom. The molecule has 8 nitrogen and oxygen atoms in total. The molecule has 4 aromatic carbocycles. The average molecular weight is 647 g/mol. The lowest BCUT2D eigenvalue weighted by Gasteiger charge is -2.17. The number of aryl methyl sites for hydroxylation is 1. The Bertz CT molecular complexity index is 1750. The van der Waals surface area contributed by atoms with Gasteiger partial charge in [-0.2, -0.15) is 13.2 Å². The first kappa shape index (κ1) is 34.4. The van der Waals surface area contributed by atoms with E-state index in [0.717, 1.165) is 17.7 Å². The molecule has 0 spiro atoms. The van der Waals surface area contributed by atoms with E-state index in [1.54, 1.807) is 63.5 Å². The van der Waals surface area contributed by atoms with Crippen LogP contribution in [0.15, 0.2) is 91.0 Å². The minimum Gasteiger partial charge on any atom is -0.462 e. The van der Waals surface area contributed by atoms with Crippen LogP contribution < -0.4 is 10.1 Å². The molecule has 0 aromatic heterocycles. The van der Waals surface area contributed by atoms with Gasteiger partial charge in [0.15, 0.2) is 0 Å².